The summed E-state index contributed by atoms with van der Waals surface area (Å²) in [6.07, 6.45) is -1.19. The lowest BCUT2D eigenvalue weighted by molar-refractivity contribution is 0.0520. The Morgan fingerprint density at radius 1 is 0.900 bits per heavy atom. The van der Waals surface area contributed by atoms with Gasteiger partial charge in [0.1, 0.15) is 22.4 Å². The number of carbonyl (C=O) groups excluding carboxylic acids is 2. The van der Waals surface area contributed by atoms with Gasteiger partial charge in [0.05, 0.1) is 16.7 Å². The zero-order valence-corrected chi connectivity index (χ0v) is 25.6. The lowest BCUT2D eigenvalue weighted by atomic mass is 10.2. The minimum absolute atomic E-state index is 0.292. The van der Waals surface area contributed by atoms with E-state index in [1.54, 1.807) is 26.8 Å². The third-order valence-electron chi connectivity index (χ3n) is 6.50. The second kappa shape index (κ2) is 10.2. The highest BCUT2D eigenvalue weighted by molar-refractivity contribution is 9.10. The van der Waals surface area contributed by atoms with Crippen LogP contribution in [0.3, 0.4) is 0 Å². The molecule has 0 amide bonds. The van der Waals surface area contributed by atoms with Gasteiger partial charge in [-0.2, -0.15) is 9.78 Å². The van der Waals surface area contributed by atoms with Crippen LogP contribution in [0.2, 0.25) is 0 Å². The zero-order valence-electron chi connectivity index (χ0n) is 24.0. The summed E-state index contributed by atoms with van der Waals surface area (Å²) in [5, 5.41) is 5.33. The molecule has 4 aromatic rings. The molecule has 1 aliphatic rings. The summed E-state index contributed by atoms with van der Waals surface area (Å²) in [4.78, 5) is 36.6. The predicted molar refractivity (Wildman–Crippen MR) is 159 cm³/mol. The molecule has 0 bridgehead atoms. The fourth-order valence-corrected chi connectivity index (χ4v) is 5.10. The lowest BCUT2D eigenvalue weighted by Gasteiger charge is -2.34. The molecule has 3 heterocycles. The number of halogens is 1. The van der Waals surface area contributed by atoms with Crippen molar-refractivity contribution in [2.75, 3.05) is 38.1 Å². The van der Waals surface area contributed by atoms with Crippen LogP contribution in [0.4, 0.5) is 15.3 Å². The van der Waals surface area contributed by atoms with E-state index in [9.17, 15) is 9.59 Å². The van der Waals surface area contributed by atoms with Crippen LogP contribution in [-0.4, -0.2) is 80.8 Å². The third kappa shape index (κ3) is 5.57. The van der Waals surface area contributed by atoms with Crippen molar-refractivity contribution in [1.29, 1.82) is 0 Å². The molecule has 5 rings (SSSR count). The van der Waals surface area contributed by atoms with Gasteiger partial charge in [0.25, 0.3) is 0 Å². The summed E-state index contributed by atoms with van der Waals surface area (Å²) in [6.45, 7) is 14.3. The summed E-state index contributed by atoms with van der Waals surface area (Å²) in [6, 6.07) is 11.3. The van der Waals surface area contributed by atoms with E-state index in [4.69, 9.17) is 14.5 Å². The van der Waals surface area contributed by atoms with Crippen LogP contribution in [0.5, 0.6) is 0 Å². The number of benzene rings is 2. The molecule has 0 N–H and O–H groups in total. The fourth-order valence-electron chi connectivity index (χ4n) is 4.75. The first-order valence-electron chi connectivity index (χ1n) is 13.3. The van der Waals surface area contributed by atoms with Gasteiger partial charge in [-0.3, -0.25) is 0 Å². The number of para-hydroxylation sites is 1. The van der Waals surface area contributed by atoms with Gasteiger partial charge in [-0.1, -0.05) is 22.0 Å². The minimum Gasteiger partial charge on any atom is -0.443 e. The first kappa shape index (κ1) is 28.1. The molecule has 1 aliphatic heterocycles. The average molecular weight is 612 g/mol. The number of ether oxygens (including phenoxy) is 2. The number of hydrogen-bond donors (Lipinski definition) is 0. The van der Waals surface area contributed by atoms with Gasteiger partial charge < -0.3 is 19.3 Å². The molecular formula is C29H35BrN6O4. The molecule has 212 valence electrons. The van der Waals surface area contributed by atoms with Gasteiger partial charge in [-0.15, -0.1) is 0 Å². The van der Waals surface area contributed by atoms with E-state index < -0.39 is 23.4 Å². The Morgan fingerprint density at radius 2 is 1.55 bits per heavy atom. The highest BCUT2D eigenvalue weighted by Gasteiger charge is 2.31. The third-order valence-corrected chi connectivity index (χ3v) is 6.99. The quantitative estimate of drug-likeness (QED) is 0.267. The molecule has 11 heteroatoms. The zero-order chi connectivity index (χ0) is 29.0. The van der Waals surface area contributed by atoms with Crippen molar-refractivity contribution in [3.8, 4) is 11.5 Å². The fraction of sp³-hybridized carbons (Fsp3) is 0.448. The van der Waals surface area contributed by atoms with E-state index in [0.717, 1.165) is 36.3 Å². The van der Waals surface area contributed by atoms with Gasteiger partial charge in [0.2, 0.25) is 0 Å². The standard InChI is InChI=1S/C29H35BrN6O4/c1-28(2,3)39-26(37)35-24-20(9-8-10-21(24)34-15-13-33(7)14-16-34)31-25(35)23-19-12-11-18(30)17-22(19)36(32-23)27(38)40-29(4,5)6/h8-12,17H,13-16H2,1-7H3. The van der Waals surface area contributed by atoms with Gasteiger partial charge in [-0.05, 0) is 78.9 Å². The molecule has 0 spiro atoms. The Hall–Kier alpha value is -3.44. The molecule has 0 aliphatic carbocycles. The Bertz CT molecular complexity index is 1600. The van der Waals surface area contributed by atoms with Crippen molar-refractivity contribution >= 4 is 55.7 Å². The van der Waals surface area contributed by atoms with Crippen LogP contribution in [-0.2, 0) is 9.47 Å². The molecule has 1 fully saturated rings. The first-order valence-corrected chi connectivity index (χ1v) is 14.1. The van der Waals surface area contributed by atoms with E-state index in [2.05, 4.69) is 37.9 Å². The van der Waals surface area contributed by atoms with Crippen LogP contribution in [0, 0.1) is 0 Å². The Kier molecular flexibility index (Phi) is 7.16. The topological polar surface area (TPSA) is 94.7 Å². The number of piperazine rings is 1. The largest absolute Gasteiger partial charge is 0.443 e. The van der Waals surface area contributed by atoms with Crippen molar-refractivity contribution in [3.05, 3.63) is 40.9 Å². The SMILES string of the molecule is CN1CCN(c2cccc3nc(-c4nn(C(=O)OC(C)(C)C)c5cc(Br)ccc45)n(C(=O)OC(C)(C)C)c23)CC1. The smallest absolute Gasteiger partial charge is 0.435 e. The minimum atomic E-state index is -0.740. The maximum atomic E-state index is 13.9. The Balaban J connectivity index is 1.77. The second-order valence-electron chi connectivity index (χ2n) is 12.1. The molecule has 2 aromatic heterocycles. The normalized spacial score (nSPS) is 15.2. The van der Waals surface area contributed by atoms with E-state index in [-0.39, 0.29) is 0 Å². The molecule has 1 saturated heterocycles. The molecule has 0 atom stereocenters. The lowest BCUT2D eigenvalue weighted by Crippen LogP contribution is -2.44. The molecule has 0 unspecified atom stereocenters. The molecule has 2 aromatic carbocycles. The average Bonchev–Trinajstić information content (AvgIpc) is 3.41. The van der Waals surface area contributed by atoms with Crippen molar-refractivity contribution in [2.24, 2.45) is 0 Å². The Labute approximate surface area is 242 Å². The maximum Gasteiger partial charge on any atom is 0.435 e. The van der Waals surface area contributed by atoms with Crippen LogP contribution < -0.4 is 4.90 Å². The molecular weight excluding hydrogens is 576 g/mol. The monoisotopic (exact) mass is 610 g/mol. The number of carbonyl (C=O) groups is 2. The van der Waals surface area contributed by atoms with Crippen molar-refractivity contribution in [2.45, 2.75) is 52.7 Å². The number of nitrogens with zero attached hydrogens (tertiary/aromatic N) is 6. The van der Waals surface area contributed by atoms with E-state index in [1.807, 2.05) is 51.1 Å². The summed E-state index contributed by atoms with van der Waals surface area (Å²) < 4.78 is 15.0. The maximum absolute atomic E-state index is 13.9. The first-order chi connectivity index (χ1) is 18.7. The van der Waals surface area contributed by atoms with Gasteiger partial charge in [0.15, 0.2) is 5.82 Å². The van der Waals surface area contributed by atoms with Crippen molar-refractivity contribution in [1.82, 2.24) is 24.2 Å². The second-order valence-corrected chi connectivity index (χ2v) is 13.0. The highest BCUT2D eigenvalue weighted by Crippen LogP contribution is 2.36. The van der Waals surface area contributed by atoms with Gasteiger partial charge in [-0.25, -0.2) is 19.1 Å². The van der Waals surface area contributed by atoms with E-state index in [1.165, 1.54) is 9.25 Å². The highest BCUT2D eigenvalue weighted by atomic mass is 79.9. The number of anilines is 1. The molecule has 10 nitrogen and oxygen atoms in total. The van der Waals surface area contributed by atoms with Gasteiger partial charge in [0, 0.05) is 36.0 Å². The van der Waals surface area contributed by atoms with Gasteiger partial charge >= 0.3 is 12.2 Å². The number of fused-ring (bicyclic) bond motifs is 2. The number of rotatable bonds is 2. The van der Waals surface area contributed by atoms with Crippen LogP contribution in [0.25, 0.3) is 33.5 Å². The number of hydrogen-bond acceptors (Lipinski definition) is 8. The summed E-state index contributed by atoms with van der Waals surface area (Å²) in [5.41, 5.74) is 1.62. The van der Waals surface area contributed by atoms with Crippen LogP contribution in [0.1, 0.15) is 41.5 Å². The number of imidazole rings is 1. The summed E-state index contributed by atoms with van der Waals surface area (Å²) in [7, 11) is 2.10. The van der Waals surface area contributed by atoms with E-state index in [0.29, 0.717) is 33.5 Å². The molecule has 0 radical (unpaired) electrons. The van der Waals surface area contributed by atoms with Crippen LogP contribution >= 0.6 is 15.9 Å². The van der Waals surface area contributed by atoms with E-state index >= 15 is 0 Å². The predicted octanol–water partition coefficient (Wildman–Crippen LogP) is 6.13. The van der Waals surface area contributed by atoms with Crippen LogP contribution in [0.15, 0.2) is 40.9 Å². The Morgan fingerprint density at radius 3 is 2.20 bits per heavy atom. The number of aromatic nitrogens is 4. The number of likely N-dealkylation sites (N-methyl/N-ethyl adjacent to an activating group) is 1. The van der Waals surface area contributed by atoms with Crippen molar-refractivity contribution < 1.29 is 19.1 Å². The van der Waals surface area contributed by atoms with Crippen molar-refractivity contribution in [3.63, 3.8) is 0 Å². The summed E-state index contributed by atoms with van der Waals surface area (Å²) >= 11 is 3.50. The molecule has 40 heavy (non-hydrogen) atoms. The summed E-state index contributed by atoms with van der Waals surface area (Å²) in [5.74, 6) is 0.292. The molecule has 0 saturated carbocycles.